The summed E-state index contributed by atoms with van der Waals surface area (Å²) in [5.74, 6) is 0. The molecule has 0 N–H and O–H groups in total. The van der Waals surface area contributed by atoms with E-state index in [0.29, 0.717) is 0 Å². The number of carbonyl (C=O) groups is 1. The van der Waals surface area contributed by atoms with E-state index in [2.05, 4.69) is 4.99 Å². The van der Waals surface area contributed by atoms with Gasteiger partial charge in [-0.2, -0.15) is 0 Å². The van der Waals surface area contributed by atoms with Crippen LogP contribution in [-0.4, -0.2) is 34.9 Å². The molecule has 1 amide bonds. The largest absolute Gasteiger partial charge is 0.444 e. The number of amides is 1. The fraction of sp³-hybridized carbons (Fsp3) is 0.733. The van der Waals surface area contributed by atoms with E-state index in [4.69, 9.17) is 4.74 Å². The Bertz CT molecular complexity index is 387. The van der Waals surface area contributed by atoms with Gasteiger partial charge in [0.15, 0.2) is 0 Å². The van der Waals surface area contributed by atoms with Gasteiger partial charge in [0.05, 0.1) is 6.04 Å². The van der Waals surface area contributed by atoms with E-state index in [1.54, 1.807) is 4.90 Å². The van der Waals surface area contributed by atoms with Crippen LogP contribution in [0.1, 0.15) is 54.4 Å². The molecule has 19 heavy (non-hydrogen) atoms. The summed E-state index contributed by atoms with van der Waals surface area (Å²) in [5.41, 5.74) is 1.68. The smallest absolute Gasteiger partial charge is 0.410 e. The van der Waals surface area contributed by atoms with Gasteiger partial charge >= 0.3 is 6.09 Å². The highest BCUT2D eigenvalue weighted by molar-refractivity contribution is 5.91. The average molecular weight is 266 g/mol. The molecule has 1 atom stereocenters. The van der Waals surface area contributed by atoms with Gasteiger partial charge in [0, 0.05) is 18.5 Å². The molecule has 0 spiro atoms. The third-order valence-electron chi connectivity index (χ3n) is 2.89. The Morgan fingerprint density at radius 2 is 1.95 bits per heavy atom. The molecular formula is C15H26N2O2. The van der Waals surface area contributed by atoms with E-state index >= 15 is 0 Å². The van der Waals surface area contributed by atoms with E-state index < -0.39 is 5.60 Å². The summed E-state index contributed by atoms with van der Waals surface area (Å²) in [6.07, 6.45) is 3.58. The Morgan fingerprint density at radius 1 is 1.32 bits per heavy atom. The lowest BCUT2D eigenvalue weighted by Gasteiger charge is -2.28. The first-order valence-corrected chi connectivity index (χ1v) is 6.88. The van der Waals surface area contributed by atoms with Crippen molar-refractivity contribution in [1.82, 2.24) is 4.90 Å². The van der Waals surface area contributed by atoms with Crippen LogP contribution in [0.2, 0.25) is 0 Å². The molecule has 1 aliphatic heterocycles. The standard InChI is InChI=1S/C15H26N2O2/c1-11(2)10-16-12(3)13-8-7-9-17(13)14(18)19-15(4,5)6/h10,13H,7-9H2,1-6H3. The Hall–Kier alpha value is -1.32. The second kappa shape index (κ2) is 6.22. The molecule has 0 radical (unpaired) electrons. The summed E-state index contributed by atoms with van der Waals surface area (Å²) in [4.78, 5) is 18.4. The third kappa shape index (κ3) is 5.05. The maximum atomic E-state index is 12.1. The summed E-state index contributed by atoms with van der Waals surface area (Å²) in [7, 11) is 0. The summed E-state index contributed by atoms with van der Waals surface area (Å²) in [5, 5.41) is 0. The van der Waals surface area contributed by atoms with Crippen molar-refractivity contribution in [1.29, 1.82) is 0 Å². The van der Waals surface area contributed by atoms with Crippen LogP contribution in [-0.2, 0) is 4.74 Å². The van der Waals surface area contributed by atoms with Crippen molar-refractivity contribution in [3.63, 3.8) is 0 Å². The summed E-state index contributed by atoms with van der Waals surface area (Å²) in [6.45, 7) is 12.4. The van der Waals surface area contributed by atoms with Crippen LogP contribution in [0.25, 0.3) is 0 Å². The number of hydrogen-bond donors (Lipinski definition) is 0. The molecule has 1 heterocycles. The average Bonchev–Trinajstić information content (AvgIpc) is 2.72. The number of rotatable bonds is 2. The SMILES string of the molecule is CC(C)=CN=C(C)C1CCCN1C(=O)OC(C)(C)C. The van der Waals surface area contributed by atoms with Gasteiger partial charge in [-0.05, 0) is 54.4 Å². The summed E-state index contributed by atoms with van der Waals surface area (Å²) >= 11 is 0. The number of allylic oxidation sites excluding steroid dienone is 1. The zero-order chi connectivity index (χ0) is 14.6. The van der Waals surface area contributed by atoms with Crippen molar-refractivity contribution in [2.45, 2.75) is 66.0 Å². The van der Waals surface area contributed by atoms with Crippen LogP contribution in [0, 0.1) is 0 Å². The highest BCUT2D eigenvalue weighted by Crippen LogP contribution is 2.22. The lowest BCUT2D eigenvalue weighted by atomic mass is 10.1. The second-order valence-electron chi connectivity index (χ2n) is 6.31. The number of carbonyl (C=O) groups excluding carboxylic acids is 1. The second-order valence-corrected chi connectivity index (χ2v) is 6.31. The number of nitrogens with zero attached hydrogens (tertiary/aromatic N) is 2. The van der Waals surface area contributed by atoms with Crippen molar-refractivity contribution >= 4 is 11.8 Å². The van der Waals surface area contributed by atoms with Gasteiger partial charge in [-0.1, -0.05) is 5.57 Å². The van der Waals surface area contributed by atoms with Gasteiger partial charge < -0.3 is 4.74 Å². The molecule has 108 valence electrons. The molecule has 4 nitrogen and oxygen atoms in total. The first-order valence-electron chi connectivity index (χ1n) is 6.88. The molecule has 0 aromatic heterocycles. The first-order chi connectivity index (χ1) is 8.70. The number of hydrogen-bond acceptors (Lipinski definition) is 3. The van der Waals surface area contributed by atoms with E-state index in [1.165, 1.54) is 0 Å². The molecule has 0 aromatic rings. The molecule has 0 saturated carbocycles. The monoisotopic (exact) mass is 266 g/mol. The zero-order valence-electron chi connectivity index (χ0n) is 13.0. The maximum Gasteiger partial charge on any atom is 0.410 e. The Balaban J connectivity index is 2.77. The predicted molar refractivity (Wildman–Crippen MR) is 78.5 cm³/mol. The van der Waals surface area contributed by atoms with Gasteiger partial charge in [0.1, 0.15) is 5.60 Å². The first kappa shape index (κ1) is 15.7. The van der Waals surface area contributed by atoms with Crippen molar-refractivity contribution in [2.24, 2.45) is 4.99 Å². The Kier molecular flexibility index (Phi) is 5.15. The fourth-order valence-corrected chi connectivity index (χ4v) is 2.06. The fourth-order valence-electron chi connectivity index (χ4n) is 2.06. The van der Waals surface area contributed by atoms with E-state index in [1.807, 2.05) is 47.7 Å². The van der Waals surface area contributed by atoms with E-state index in [-0.39, 0.29) is 12.1 Å². The van der Waals surface area contributed by atoms with Crippen LogP contribution in [0.4, 0.5) is 4.79 Å². The molecule has 1 unspecified atom stereocenters. The topological polar surface area (TPSA) is 41.9 Å². The third-order valence-corrected chi connectivity index (χ3v) is 2.89. The van der Waals surface area contributed by atoms with Crippen LogP contribution in [0.15, 0.2) is 16.8 Å². The number of likely N-dealkylation sites (tertiary alicyclic amines) is 1. The molecule has 1 rings (SSSR count). The van der Waals surface area contributed by atoms with Crippen molar-refractivity contribution in [3.8, 4) is 0 Å². The quantitative estimate of drug-likeness (QED) is 0.714. The van der Waals surface area contributed by atoms with Crippen LogP contribution < -0.4 is 0 Å². The number of aliphatic imine (C=N–C) groups is 1. The summed E-state index contributed by atoms with van der Waals surface area (Å²) in [6, 6.07) is 0.0745. The molecule has 1 aliphatic rings. The van der Waals surface area contributed by atoms with Crippen molar-refractivity contribution < 1.29 is 9.53 Å². The minimum absolute atomic E-state index is 0.0745. The van der Waals surface area contributed by atoms with Gasteiger partial charge in [-0.15, -0.1) is 0 Å². The lowest BCUT2D eigenvalue weighted by molar-refractivity contribution is 0.0265. The van der Waals surface area contributed by atoms with Gasteiger partial charge in [0.2, 0.25) is 0 Å². The van der Waals surface area contributed by atoms with Gasteiger partial charge in [-0.25, -0.2) is 4.79 Å². The molecule has 0 bridgehead atoms. The van der Waals surface area contributed by atoms with Crippen molar-refractivity contribution in [2.75, 3.05) is 6.54 Å². The summed E-state index contributed by atoms with van der Waals surface area (Å²) < 4.78 is 5.44. The molecule has 0 aromatic carbocycles. The van der Waals surface area contributed by atoms with E-state index in [0.717, 1.165) is 30.7 Å². The predicted octanol–water partition coefficient (Wildman–Crippen LogP) is 3.77. The molecule has 1 saturated heterocycles. The molecule has 0 aliphatic carbocycles. The van der Waals surface area contributed by atoms with Crippen LogP contribution in [0.3, 0.4) is 0 Å². The Labute approximate surface area is 116 Å². The normalized spacial score (nSPS) is 20.4. The molecule has 1 fully saturated rings. The van der Waals surface area contributed by atoms with Crippen LogP contribution >= 0.6 is 0 Å². The van der Waals surface area contributed by atoms with E-state index in [9.17, 15) is 4.79 Å². The maximum absolute atomic E-state index is 12.1. The lowest BCUT2D eigenvalue weighted by Crippen LogP contribution is -2.42. The molecular weight excluding hydrogens is 240 g/mol. The Morgan fingerprint density at radius 3 is 2.47 bits per heavy atom. The van der Waals surface area contributed by atoms with Gasteiger partial charge in [0.25, 0.3) is 0 Å². The highest BCUT2D eigenvalue weighted by Gasteiger charge is 2.33. The minimum atomic E-state index is -0.449. The minimum Gasteiger partial charge on any atom is -0.444 e. The van der Waals surface area contributed by atoms with Crippen molar-refractivity contribution in [3.05, 3.63) is 11.8 Å². The molecule has 4 heteroatoms. The van der Waals surface area contributed by atoms with Gasteiger partial charge in [-0.3, -0.25) is 9.89 Å². The highest BCUT2D eigenvalue weighted by atomic mass is 16.6. The number of ether oxygens (including phenoxy) is 1. The van der Waals surface area contributed by atoms with Crippen LogP contribution in [0.5, 0.6) is 0 Å². The zero-order valence-corrected chi connectivity index (χ0v) is 13.0.